The summed E-state index contributed by atoms with van der Waals surface area (Å²) in [5.74, 6) is 1.77. The van der Waals surface area contributed by atoms with Gasteiger partial charge in [0.15, 0.2) is 0 Å². The van der Waals surface area contributed by atoms with E-state index in [0.717, 1.165) is 18.8 Å². The highest BCUT2D eigenvalue weighted by molar-refractivity contribution is 8.00. The van der Waals surface area contributed by atoms with Gasteiger partial charge in [-0.3, -0.25) is 4.79 Å². The zero-order chi connectivity index (χ0) is 11.7. The van der Waals surface area contributed by atoms with Crippen molar-refractivity contribution in [3.05, 3.63) is 36.0 Å². The molecule has 1 aliphatic heterocycles. The molecule has 0 saturated carbocycles. The monoisotopic (exact) mass is 246 g/mol. The average molecular weight is 246 g/mol. The zero-order valence-electron chi connectivity index (χ0n) is 9.48. The van der Waals surface area contributed by atoms with Crippen LogP contribution in [0.25, 0.3) is 10.9 Å². The molecule has 1 aromatic carbocycles. The molecule has 0 radical (unpaired) electrons. The maximum absolute atomic E-state index is 11.5. The molecule has 2 aromatic rings. The lowest BCUT2D eigenvalue weighted by Gasteiger charge is -2.13. The molecule has 0 bridgehead atoms. The summed E-state index contributed by atoms with van der Waals surface area (Å²) < 4.78 is 0. The number of carbonyl (C=O) groups is 1. The number of hydrogen-bond donors (Lipinski definition) is 1. The van der Waals surface area contributed by atoms with Crippen molar-refractivity contribution in [3.63, 3.8) is 0 Å². The molecule has 3 nitrogen and oxygen atoms in total. The van der Waals surface area contributed by atoms with Gasteiger partial charge in [0.05, 0.1) is 11.6 Å². The van der Waals surface area contributed by atoms with Gasteiger partial charge in [0, 0.05) is 23.6 Å². The van der Waals surface area contributed by atoms with Gasteiger partial charge in [0.25, 0.3) is 0 Å². The number of fused-ring (bicyclic) bond motifs is 1. The minimum atomic E-state index is 0.273. The lowest BCUT2D eigenvalue weighted by Crippen LogP contribution is -2.27. The van der Waals surface area contributed by atoms with Crippen molar-refractivity contribution in [3.8, 4) is 0 Å². The van der Waals surface area contributed by atoms with Crippen molar-refractivity contribution in [2.24, 2.45) is 0 Å². The molecule has 17 heavy (non-hydrogen) atoms. The number of H-pyrrole nitrogens is 1. The standard InChI is InChI=1S/C13H14N2OS/c16-13-8-17-9-15(13)6-5-10-7-14-12-4-2-1-3-11(10)12/h1-4,7,14H,5-6,8-9H2. The van der Waals surface area contributed by atoms with Gasteiger partial charge in [-0.15, -0.1) is 11.8 Å². The highest BCUT2D eigenvalue weighted by Gasteiger charge is 2.20. The second kappa shape index (κ2) is 4.45. The number of thioether (sulfide) groups is 1. The molecule has 1 N–H and O–H groups in total. The second-order valence-corrected chi connectivity index (χ2v) is 5.20. The number of aromatic amines is 1. The lowest BCUT2D eigenvalue weighted by molar-refractivity contribution is -0.126. The van der Waals surface area contributed by atoms with E-state index in [1.165, 1.54) is 16.5 Å². The molecule has 1 aromatic heterocycles. The molecule has 0 spiro atoms. The first-order chi connectivity index (χ1) is 8.34. The molecule has 1 amide bonds. The van der Waals surface area contributed by atoms with E-state index in [1.54, 1.807) is 11.8 Å². The Labute approximate surface area is 104 Å². The molecular weight excluding hydrogens is 232 g/mol. The first kappa shape index (κ1) is 10.7. The van der Waals surface area contributed by atoms with Crippen LogP contribution < -0.4 is 0 Å². The molecule has 0 unspecified atom stereocenters. The Balaban J connectivity index is 1.74. The number of aromatic nitrogens is 1. The molecule has 88 valence electrons. The van der Waals surface area contributed by atoms with Gasteiger partial charge in [-0.25, -0.2) is 0 Å². The third-order valence-corrected chi connectivity index (χ3v) is 4.10. The van der Waals surface area contributed by atoms with Crippen LogP contribution in [0.3, 0.4) is 0 Å². The van der Waals surface area contributed by atoms with Gasteiger partial charge in [-0.1, -0.05) is 18.2 Å². The van der Waals surface area contributed by atoms with E-state index in [0.29, 0.717) is 5.75 Å². The summed E-state index contributed by atoms with van der Waals surface area (Å²) in [6.07, 6.45) is 2.98. The van der Waals surface area contributed by atoms with Gasteiger partial charge < -0.3 is 9.88 Å². The molecular formula is C13H14N2OS. The largest absolute Gasteiger partial charge is 0.361 e. The Hall–Kier alpha value is -1.42. The van der Waals surface area contributed by atoms with E-state index in [9.17, 15) is 4.79 Å². The predicted molar refractivity (Wildman–Crippen MR) is 71.0 cm³/mol. The lowest BCUT2D eigenvalue weighted by atomic mass is 10.1. The van der Waals surface area contributed by atoms with Crippen molar-refractivity contribution >= 4 is 28.6 Å². The van der Waals surface area contributed by atoms with Crippen LogP contribution in [0.5, 0.6) is 0 Å². The molecule has 1 saturated heterocycles. The van der Waals surface area contributed by atoms with E-state index >= 15 is 0 Å². The van der Waals surface area contributed by atoms with Crippen molar-refractivity contribution in [1.29, 1.82) is 0 Å². The maximum Gasteiger partial charge on any atom is 0.233 e. The Bertz CT molecular complexity index is 549. The Morgan fingerprint density at radius 1 is 1.35 bits per heavy atom. The highest BCUT2D eigenvalue weighted by Crippen LogP contribution is 2.20. The summed E-state index contributed by atoms with van der Waals surface area (Å²) in [6, 6.07) is 8.29. The van der Waals surface area contributed by atoms with Crippen LogP contribution in [0.15, 0.2) is 30.5 Å². The Morgan fingerprint density at radius 2 is 2.24 bits per heavy atom. The minimum Gasteiger partial charge on any atom is -0.361 e. The van der Waals surface area contributed by atoms with Crippen LogP contribution in [0, 0.1) is 0 Å². The van der Waals surface area contributed by atoms with Crippen molar-refractivity contribution in [2.45, 2.75) is 6.42 Å². The third kappa shape index (κ3) is 2.05. The number of carbonyl (C=O) groups excluding carboxylic acids is 1. The van der Waals surface area contributed by atoms with Crippen molar-refractivity contribution in [1.82, 2.24) is 9.88 Å². The second-order valence-electron chi connectivity index (χ2n) is 4.24. The molecule has 1 fully saturated rings. The first-order valence-corrected chi connectivity index (χ1v) is 6.90. The van der Waals surface area contributed by atoms with E-state index in [4.69, 9.17) is 0 Å². The van der Waals surface area contributed by atoms with Gasteiger partial charge in [-0.05, 0) is 18.1 Å². The molecule has 0 aliphatic carbocycles. The molecule has 3 rings (SSSR count). The van der Waals surface area contributed by atoms with Crippen LogP contribution in [0.4, 0.5) is 0 Å². The zero-order valence-corrected chi connectivity index (χ0v) is 10.3. The number of nitrogens with one attached hydrogen (secondary N) is 1. The molecule has 1 aliphatic rings. The van der Waals surface area contributed by atoms with E-state index in [1.807, 2.05) is 11.0 Å². The number of benzene rings is 1. The first-order valence-electron chi connectivity index (χ1n) is 5.75. The summed E-state index contributed by atoms with van der Waals surface area (Å²) in [4.78, 5) is 16.7. The van der Waals surface area contributed by atoms with E-state index < -0.39 is 0 Å². The topological polar surface area (TPSA) is 36.1 Å². The number of hydrogen-bond acceptors (Lipinski definition) is 2. The van der Waals surface area contributed by atoms with Gasteiger partial charge >= 0.3 is 0 Å². The van der Waals surface area contributed by atoms with Crippen molar-refractivity contribution in [2.75, 3.05) is 18.2 Å². The summed E-state index contributed by atoms with van der Waals surface area (Å²) in [7, 11) is 0. The van der Waals surface area contributed by atoms with E-state index in [-0.39, 0.29) is 5.91 Å². The Morgan fingerprint density at radius 3 is 3.06 bits per heavy atom. The molecule has 2 heterocycles. The van der Waals surface area contributed by atoms with Crippen molar-refractivity contribution < 1.29 is 4.79 Å². The predicted octanol–water partition coefficient (Wildman–Crippen LogP) is 2.24. The third-order valence-electron chi connectivity index (χ3n) is 3.15. The number of amides is 1. The van der Waals surface area contributed by atoms with Gasteiger partial charge in [0.2, 0.25) is 5.91 Å². The number of para-hydroxylation sites is 1. The van der Waals surface area contributed by atoms with Gasteiger partial charge in [0.1, 0.15) is 0 Å². The van der Waals surface area contributed by atoms with Crippen LogP contribution in [0.1, 0.15) is 5.56 Å². The fourth-order valence-electron chi connectivity index (χ4n) is 2.19. The fourth-order valence-corrected chi connectivity index (χ4v) is 3.13. The summed E-state index contributed by atoms with van der Waals surface area (Å²) in [6.45, 7) is 0.827. The molecule has 4 heteroatoms. The summed E-state index contributed by atoms with van der Waals surface area (Å²) in [5, 5.41) is 1.27. The number of rotatable bonds is 3. The average Bonchev–Trinajstić information content (AvgIpc) is 2.93. The highest BCUT2D eigenvalue weighted by atomic mass is 32.2. The Kier molecular flexibility index (Phi) is 2.81. The quantitative estimate of drug-likeness (QED) is 0.901. The van der Waals surface area contributed by atoms with Crippen LogP contribution in [0.2, 0.25) is 0 Å². The smallest absolute Gasteiger partial charge is 0.233 e. The van der Waals surface area contributed by atoms with Crippen LogP contribution in [-0.4, -0.2) is 34.0 Å². The van der Waals surface area contributed by atoms with Crippen LogP contribution >= 0.6 is 11.8 Å². The minimum absolute atomic E-state index is 0.273. The van der Waals surface area contributed by atoms with E-state index in [2.05, 4.69) is 29.4 Å². The van der Waals surface area contributed by atoms with Gasteiger partial charge in [-0.2, -0.15) is 0 Å². The maximum atomic E-state index is 11.5. The summed E-state index contributed by atoms with van der Waals surface area (Å²) >= 11 is 1.70. The van der Waals surface area contributed by atoms with Crippen LogP contribution in [-0.2, 0) is 11.2 Å². The summed E-state index contributed by atoms with van der Waals surface area (Å²) in [5.41, 5.74) is 2.47. The fraction of sp³-hybridized carbons (Fsp3) is 0.308. The SMILES string of the molecule is O=C1CSCN1CCc1c[nH]c2ccccc12. The molecule has 0 atom stereocenters. The normalized spacial score (nSPS) is 16.0. The number of nitrogens with zero attached hydrogens (tertiary/aromatic N) is 1.